The SMILES string of the molecule is C=C(C)C(=O)OC/C=C\C#CC#C/C=C\C(=O)OC. The van der Waals surface area contributed by atoms with Crippen molar-refractivity contribution in [1.82, 2.24) is 0 Å². The molecule has 4 heteroatoms. The van der Waals surface area contributed by atoms with Crippen LogP contribution in [0, 0.1) is 23.7 Å². The van der Waals surface area contributed by atoms with Gasteiger partial charge in [0.15, 0.2) is 0 Å². The molecule has 0 saturated heterocycles. The van der Waals surface area contributed by atoms with Crippen LogP contribution in [0.1, 0.15) is 6.92 Å². The van der Waals surface area contributed by atoms with E-state index in [1.165, 1.54) is 25.3 Å². The summed E-state index contributed by atoms with van der Waals surface area (Å²) in [5.41, 5.74) is 0.350. The second-order valence-electron chi connectivity index (χ2n) is 3.18. The molecule has 0 aliphatic rings. The van der Waals surface area contributed by atoms with Crippen molar-refractivity contribution in [2.45, 2.75) is 6.92 Å². The predicted molar refractivity (Wildman–Crippen MR) is 71.6 cm³/mol. The zero-order valence-electron chi connectivity index (χ0n) is 10.9. The molecule has 0 atom stereocenters. The normalized spacial score (nSPS) is 9.16. The van der Waals surface area contributed by atoms with Gasteiger partial charge in [-0.1, -0.05) is 18.4 Å². The summed E-state index contributed by atoms with van der Waals surface area (Å²) in [6.45, 7) is 5.15. The molecule has 0 rings (SSSR count). The summed E-state index contributed by atoms with van der Waals surface area (Å²) in [5, 5.41) is 0. The lowest BCUT2D eigenvalue weighted by Gasteiger charge is -1.98. The molecule has 0 N–H and O–H groups in total. The van der Waals surface area contributed by atoms with Crippen molar-refractivity contribution in [3.8, 4) is 23.7 Å². The maximum atomic E-state index is 11.0. The Balaban J connectivity index is 3.96. The molecule has 98 valence electrons. The van der Waals surface area contributed by atoms with Crippen LogP contribution in [0.15, 0.2) is 36.5 Å². The van der Waals surface area contributed by atoms with E-state index in [4.69, 9.17) is 4.74 Å². The van der Waals surface area contributed by atoms with Gasteiger partial charge in [0.05, 0.1) is 7.11 Å². The van der Waals surface area contributed by atoms with Crippen LogP contribution >= 0.6 is 0 Å². The molecule has 4 nitrogen and oxygen atoms in total. The Morgan fingerprint density at radius 1 is 1.21 bits per heavy atom. The molecule has 0 aromatic rings. The van der Waals surface area contributed by atoms with Gasteiger partial charge in [-0.3, -0.25) is 0 Å². The van der Waals surface area contributed by atoms with Crippen molar-refractivity contribution < 1.29 is 19.1 Å². The number of esters is 2. The lowest BCUT2D eigenvalue weighted by molar-refractivity contribution is -0.137. The molecule has 19 heavy (non-hydrogen) atoms. The standard InChI is InChI=1S/C15H14O4/c1-13(2)15(17)19-12-10-8-6-4-5-7-9-11-14(16)18-3/h8-11H,1,12H2,2-3H3/b10-8-,11-9-. The maximum absolute atomic E-state index is 11.0. The summed E-state index contributed by atoms with van der Waals surface area (Å²) in [6.07, 6.45) is 5.64. The van der Waals surface area contributed by atoms with Gasteiger partial charge in [0.1, 0.15) is 6.61 Å². The van der Waals surface area contributed by atoms with Gasteiger partial charge < -0.3 is 9.47 Å². The van der Waals surface area contributed by atoms with Crippen molar-refractivity contribution in [3.63, 3.8) is 0 Å². The molecule has 0 aromatic carbocycles. The van der Waals surface area contributed by atoms with Crippen LogP contribution in [-0.4, -0.2) is 25.7 Å². The molecular formula is C15H14O4. The van der Waals surface area contributed by atoms with Gasteiger partial charge in [0.25, 0.3) is 0 Å². The topological polar surface area (TPSA) is 52.6 Å². The Labute approximate surface area is 112 Å². The zero-order chi connectivity index (χ0) is 14.5. The fraction of sp³-hybridized carbons (Fsp3) is 0.200. The third-order valence-corrected chi connectivity index (χ3v) is 1.57. The van der Waals surface area contributed by atoms with Crippen LogP contribution in [0.2, 0.25) is 0 Å². The van der Waals surface area contributed by atoms with Gasteiger partial charge >= 0.3 is 11.9 Å². The van der Waals surface area contributed by atoms with Crippen molar-refractivity contribution in [1.29, 1.82) is 0 Å². The molecule has 0 aromatic heterocycles. The second-order valence-corrected chi connectivity index (χ2v) is 3.18. The number of carbonyl (C=O) groups is 2. The van der Waals surface area contributed by atoms with Gasteiger partial charge in [-0.25, -0.2) is 9.59 Å². The smallest absolute Gasteiger partial charge is 0.333 e. The van der Waals surface area contributed by atoms with Gasteiger partial charge in [0, 0.05) is 11.6 Å². The fourth-order valence-corrected chi connectivity index (χ4v) is 0.687. The van der Waals surface area contributed by atoms with E-state index in [0.29, 0.717) is 5.57 Å². The number of hydrogen-bond donors (Lipinski definition) is 0. The summed E-state index contributed by atoms with van der Waals surface area (Å²) < 4.78 is 9.17. The van der Waals surface area contributed by atoms with E-state index < -0.39 is 11.9 Å². The first kappa shape index (κ1) is 16.3. The van der Waals surface area contributed by atoms with Crippen LogP contribution in [0.25, 0.3) is 0 Å². The molecule has 0 unspecified atom stereocenters. The quantitative estimate of drug-likeness (QED) is 0.434. The fourth-order valence-electron chi connectivity index (χ4n) is 0.687. The van der Waals surface area contributed by atoms with E-state index >= 15 is 0 Å². The molecule has 0 spiro atoms. The lowest BCUT2D eigenvalue weighted by atomic mass is 10.4. The number of ether oxygens (including phenoxy) is 2. The highest BCUT2D eigenvalue weighted by Gasteiger charge is 1.99. The molecule has 0 saturated carbocycles. The average Bonchev–Trinajstić information content (AvgIpc) is 2.39. The van der Waals surface area contributed by atoms with Crippen LogP contribution in [0.5, 0.6) is 0 Å². The third-order valence-electron chi connectivity index (χ3n) is 1.57. The highest BCUT2D eigenvalue weighted by Crippen LogP contribution is 1.91. The molecule has 0 aliphatic carbocycles. The highest BCUT2D eigenvalue weighted by molar-refractivity contribution is 5.87. The first-order valence-electron chi connectivity index (χ1n) is 5.31. The minimum Gasteiger partial charge on any atom is -0.466 e. The first-order chi connectivity index (χ1) is 9.07. The number of rotatable bonds is 4. The van der Waals surface area contributed by atoms with E-state index in [-0.39, 0.29) is 6.61 Å². The van der Waals surface area contributed by atoms with E-state index in [0.717, 1.165) is 0 Å². The number of carbonyl (C=O) groups excluding carboxylic acids is 2. The van der Waals surface area contributed by atoms with Crippen molar-refractivity contribution in [2.24, 2.45) is 0 Å². The highest BCUT2D eigenvalue weighted by atomic mass is 16.5. The van der Waals surface area contributed by atoms with Crippen LogP contribution < -0.4 is 0 Å². The molecule has 0 heterocycles. The average molecular weight is 258 g/mol. The molecule has 0 fully saturated rings. The van der Waals surface area contributed by atoms with Gasteiger partial charge in [-0.05, 0) is 37.0 Å². The molecule has 0 aliphatic heterocycles. The van der Waals surface area contributed by atoms with Gasteiger partial charge in [-0.15, -0.1) is 0 Å². The molecule has 0 radical (unpaired) electrons. The Hall–Kier alpha value is -2.72. The van der Waals surface area contributed by atoms with Gasteiger partial charge in [-0.2, -0.15) is 0 Å². The summed E-state index contributed by atoms with van der Waals surface area (Å²) >= 11 is 0. The van der Waals surface area contributed by atoms with E-state index in [9.17, 15) is 9.59 Å². The molecular weight excluding hydrogens is 244 g/mol. The summed E-state index contributed by atoms with van der Waals surface area (Å²) in [4.78, 5) is 21.6. The predicted octanol–water partition coefficient (Wildman–Crippen LogP) is 1.40. The number of allylic oxidation sites excluding steroid dienone is 2. The van der Waals surface area contributed by atoms with Crippen LogP contribution in [0.4, 0.5) is 0 Å². The number of methoxy groups -OCH3 is 1. The minimum atomic E-state index is -0.471. The largest absolute Gasteiger partial charge is 0.466 e. The minimum absolute atomic E-state index is 0.135. The summed E-state index contributed by atoms with van der Waals surface area (Å²) in [7, 11) is 1.28. The third kappa shape index (κ3) is 10.2. The van der Waals surface area contributed by atoms with E-state index in [2.05, 4.69) is 35.0 Å². The second kappa shape index (κ2) is 10.4. The van der Waals surface area contributed by atoms with Crippen molar-refractivity contribution in [2.75, 3.05) is 13.7 Å². The molecule has 0 bridgehead atoms. The zero-order valence-corrected chi connectivity index (χ0v) is 10.9. The Bertz CT molecular complexity index is 516. The van der Waals surface area contributed by atoms with E-state index in [1.807, 2.05) is 0 Å². The summed E-state index contributed by atoms with van der Waals surface area (Å²) in [6, 6.07) is 0. The Morgan fingerprint density at radius 2 is 1.84 bits per heavy atom. The first-order valence-corrected chi connectivity index (χ1v) is 5.31. The lowest BCUT2D eigenvalue weighted by Crippen LogP contribution is -2.04. The van der Waals surface area contributed by atoms with Crippen LogP contribution in [-0.2, 0) is 19.1 Å². The van der Waals surface area contributed by atoms with Crippen molar-refractivity contribution >= 4 is 11.9 Å². The summed E-state index contributed by atoms with van der Waals surface area (Å²) in [5.74, 6) is 9.28. The van der Waals surface area contributed by atoms with Crippen molar-refractivity contribution in [3.05, 3.63) is 36.5 Å². The van der Waals surface area contributed by atoms with Crippen LogP contribution in [0.3, 0.4) is 0 Å². The molecule has 0 amide bonds. The number of hydrogen-bond acceptors (Lipinski definition) is 4. The van der Waals surface area contributed by atoms with E-state index in [1.54, 1.807) is 13.0 Å². The Kier molecular flexibility index (Phi) is 8.94. The Morgan fingerprint density at radius 3 is 2.42 bits per heavy atom. The van der Waals surface area contributed by atoms with Gasteiger partial charge in [0.2, 0.25) is 0 Å². The maximum Gasteiger partial charge on any atom is 0.333 e. The monoisotopic (exact) mass is 258 g/mol.